The smallest absolute Gasteiger partial charge is 0.308 e. The molecular formula is C12H15NO4. The summed E-state index contributed by atoms with van der Waals surface area (Å²) in [5, 5.41) is 12.3. The predicted octanol–water partition coefficient (Wildman–Crippen LogP) is 1.24. The van der Waals surface area contributed by atoms with E-state index in [-0.39, 0.29) is 12.3 Å². The number of ether oxygens (including phenoxy) is 1. The molecule has 0 spiro atoms. The van der Waals surface area contributed by atoms with Crippen molar-refractivity contribution in [2.45, 2.75) is 19.4 Å². The summed E-state index contributed by atoms with van der Waals surface area (Å²) in [5.41, 5.74) is 1.25. The van der Waals surface area contributed by atoms with Gasteiger partial charge in [-0.1, -0.05) is 12.1 Å². The zero-order valence-electron chi connectivity index (χ0n) is 9.77. The Morgan fingerprint density at radius 2 is 1.94 bits per heavy atom. The first-order valence-corrected chi connectivity index (χ1v) is 5.15. The highest BCUT2D eigenvalue weighted by atomic mass is 16.5. The van der Waals surface area contributed by atoms with Crippen LogP contribution in [-0.4, -0.2) is 24.1 Å². The van der Waals surface area contributed by atoms with Gasteiger partial charge in [0.15, 0.2) is 0 Å². The monoisotopic (exact) mass is 237 g/mol. The second-order valence-corrected chi connectivity index (χ2v) is 3.60. The molecule has 0 aliphatic heterocycles. The highest BCUT2D eigenvalue weighted by Crippen LogP contribution is 2.19. The molecule has 2 N–H and O–H groups in total. The fourth-order valence-electron chi connectivity index (χ4n) is 1.35. The number of nitrogens with one attached hydrogen (secondary N) is 1. The molecule has 5 heteroatoms. The molecule has 1 rings (SSSR count). The van der Waals surface area contributed by atoms with Crippen LogP contribution in [0, 0.1) is 0 Å². The van der Waals surface area contributed by atoms with Gasteiger partial charge in [-0.2, -0.15) is 0 Å². The fourth-order valence-corrected chi connectivity index (χ4v) is 1.35. The van der Waals surface area contributed by atoms with Crippen molar-refractivity contribution >= 4 is 17.6 Å². The molecule has 1 atom stereocenters. The Morgan fingerprint density at radius 1 is 1.35 bits per heavy atom. The fraction of sp³-hybridized carbons (Fsp3) is 0.333. The van der Waals surface area contributed by atoms with Crippen LogP contribution < -0.4 is 5.32 Å². The molecule has 1 aromatic carbocycles. The number of benzene rings is 1. The number of anilines is 1. The van der Waals surface area contributed by atoms with E-state index in [9.17, 15) is 14.7 Å². The zero-order chi connectivity index (χ0) is 12.8. The molecule has 1 aromatic rings. The van der Waals surface area contributed by atoms with E-state index in [0.717, 1.165) is 0 Å². The van der Waals surface area contributed by atoms with Crippen LogP contribution in [-0.2, 0) is 14.3 Å². The van der Waals surface area contributed by atoms with E-state index in [1.807, 2.05) is 0 Å². The van der Waals surface area contributed by atoms with Gasteiger partial charge in [-0.3, -0.25) is 9.59 Å². The topological polar surface area (TPSA) is 75.6 Å². The van der Waals surface area contributed by atoms with Gasteiger partial charge >= 0.3 is 5.97 Å². The molecule has 0 bridgehead atoms. The number of carbonyl (C=O) groups excluding carboxylic acids is 2. The van der Waals surface area contributed by atoms with E-state index < -0.39 is 12.1 Å². The molecule has 17 heavy (non-hydrogen) atoms. The average molecular weight is 237 g/mol. The van der Waals surface area contributed by atoms with Gasteiger partial charge < -0.3 is 15.2 Å². The Labute approximate surface area is 99.4 Å². The molecule has 92 valence electrons. The summed E-state index contributed by atoms with van der Waals surface area (Å²) >= 11 is 0. The highest BCUT2D eigenvalue weighted by Gasteiger charge is 2.12. The highest BCUT2D eigenvalue weighted by molar-refractivity contribution is 5.88. The molecular weight excluding hydrogens is 222 g/mol. The van der Waals surface area contributed by atoms with Gasteiger partial charge in [-0.25, -0.2) is 0 Å². The number of carbonyl (C=O) groups is 2. The van der Waals surface area contributed by atoms with Crippen LogP contribution in [0.25, 0.3) is 0 Å². The SMILES string of the molecule is COC(=O)C[C@@H](O)c1ccc(NC(C)=O)cc1. The van der Waals surface area contributed by atoms with Crippen LogP contribution in [0.5, 0.6) is 0 Å². The van der Waals surface area contributed by atoms with E-state index in [1.54, 1.807) is 24.3 Å². The van der Waals surface area contributed by atoms with E-state index in [0.29, 0.717) is 11.3 Å². The number of rotatable bonds is 4. The van der Waals surface area contributed by atoms with Gasteiger partial charge in [0, 0.05) is 12.6 Å². The first kappa shape index (κ1) is 13.2. The van der Waals surface area contributed by atoms with Crippen molar-refractivity contribution in [2.75, 3.05) is 12.4 Å². The van der Waals surface area contributed by atoms with Gasteiger partial charge in [0.25, 0.3) is 0 Å². The Hall–Kier alpha value is -1.88. The Balaban J connectivity index is 2.66. The summed E-state index contributed by atoms with van der Waals surface area (Å²) in [6.07, 6.45) is -0.982. The molecule has 0 saturated carbocycles. The van der Waals surface area contributed by atoms with Gasteiger partial charge in [-0.05, 0) is 17.7 Å². The molecule has 0 aromatic heterocycles. The van der Waals surface area contributed by atoms with E-state index in [2.05, 4.69) is 10.1 Å². The Morgan fingerprint density at radius 3 is 2.41 bits per heavy atom. The number of aliphatic hydroxyl groups excluding tert-OH is 1. The summed E-state index contributed by atoms with van der Waals surface area (Å²) in [6, 6.07) is 6.63. The Kier molecular flexibility index (Phi) is 4.66. The molecule has 0 unspecified atom stereocenters. The average Bonchev–Trinajstić information content (AvgIpc) is 2.28. The third-order valence-corrected chi connectivity index (χ3v) is 2.20. The van der Waals surface area contributed by atoms with E-state index >= 15 is 0 Å². The maximum atomic E-state index is 11.0. The van der Waals surface area contributed by atoms with Crippen molar-refractivity contribution < 1.29 is 19.4 Å². The van der Waals surface area contributed by atoms with Gasteiger partial charge in [0.05, 0.1) is 19.6 Å². The molecule has 0 aliphatic rings. The third-order valence-electron chi connectivity index (χ3n) is 2.20. The summed E-state index contributed by atoms with van der Waals surface area (Å²) in [7, 11) is 1.27. The normalized spacial score (nSPS) is 11.7. The number of esters is 1. The van der Waals surface area contributed by atoms with E-state index in [1.165, 1.54) is 14.0 Å². The number of hydrogen-bond donors (Lipinski definition) is 2. The lowest BCUT2D eigenvalue weighted by molar-refractivity contribution is -0.142. The van der Waals surface area contributed by atoms with Crippen molar-refractivity contribution in [2.24, 2.45) is 0 Å². The molecule has 1 amide bonds. The summed E-state index contributed by atoms with van der Waals surface area (Å²) in [5.74, 6) is -0.628. The quantitative estimate of drug-likeness (QED) is 0.772. The first-order chi connectivity index (χ1) is 8.02. The summed E-state index contributed by atoms with van der Waals surface area (Å²) in [6.45, 7) is 1.42. The largest absolute Gasteiger partial charge is 0.469 e. The van der Waals surface area contributed by atoms with Crippen molar-refractivity contribution in [1.82, 2.24) is 0 Å². The second-order valence-electron chi connectivity index (χ2n) is 3.60. The number of hydrogen-bond acceptors (Lipinski definition) is 4. The standard InChI is InChI=1S/C12H15NO4/c1-8(14)13-10-5-3-9(4-6-10)11(15)7-12(16)17-2/h3-6,11,15H,7H2,1-2H3,(H,13,14)/t11-/m1/s1. The summed E-state index contributed by atoms with van der Waals surface area (Å²) in [4.78, 5) is 21.8. The second kappa shape index (κ2) is 6.00. The van der Waals surface area contributed by atoms with Crippen LogP contribution in [0.4, 0.5) is 5.69 Å². The van der Waals surface area contributed by atoms with Crippen molar-refractivity contribution in [1.29, 1.82) is 0 Å². The lowest BCUT2D eigenvalue weighted by Crippen LogP contribution is -2.09. The van der Waals surface area contributed by atoms with Crippen molar-refractivity contribution in [3.63, 3.8) is 0 Å². The molecule has 5 nitrogen and oxygen atoms in total. The molecule has 0 saturated heterocycles. The lowest BCUT2D eigenvalue weighted by atomic mass is 10.1. The van der Waals surface area contributed by atoms with Crippen LogP contribution >= 0.6 is 0 Å². The lowest BCUT2D eigenvalue weighted by Gasteiger charge is -2.10. The van der Waals surface area contributed by atoms with Gasteiger partial charge in [0.1, 0.15) is 0 Å². The minimum atomic E-state index is -0.895. The van der Waals surface area contributed by atoms with Gasteiger partial charge in [-0.15, -0.1) is 0 Å². The maximum Gasteiger partial charge on any atom is 0.308 e. The molecule has 0 heterocycles. The molecule has 0 aliphatic carbocycles. The van der Waals surface area contributed by atoms with Crippen molar-refractivity contribution in [3.05, 3.63) is 29.8 Å². The van der Waals surface area contributed by atoms with Crippen LogP contribution in [0.3, 0.4) is 0 Å². The van der Waals surface area contributed by atoms with Crippen LogP contribution in [0.2, 0.25) is 0 Å². The molecule has 0 radical (unpaired) electrons. The van der Waals surface area contributed by atoms with Gasteiger partial charge in [0.2, 0.25) is 5.91 Å². The number of methoxy groups -OCH3 is 1. The zero-order valence-corrected chi connectivity index (χ0v) is 9.77. The van der Waals surface area contributed by atoms with Crippen molar-refractivity contribution in [3.8, 4) is 0 Å². The maximum absolute atomic E-state index is 11.0. The van der Waals surface area contributed by atoms with Crippen LogP contribution in [0.1, 0.15) is 25.0 Å². The minimum Gasteiger partial charge on any atom is -0.469 e. The van der Waals surface area contributed by atoms with Crippen LogP contribution in [0.15, 0.2) is 24.3 Å². The number of amides is 1. The summed E-state index contributed by atoms with van der Waals surface area (Å²) < 4.78 is 4.46. The van der Waals surface area contributed by atoms with E-state index in [4.69, 9.17) is 0 Å². The first-order valence-electron chi connectivity index (χ1n) is 5.15. The third kappa shape index (κ3) is 4.24. The number of aliphatic hydroxyl groups is 1. The molecule has 0 fully saturated rings. The predicted molar refractivity (Wildman–Crippen MR) is 62.3 cm³/mol. The minimum absolute atomic E-state index is 0.0873. The Bertz CT molecular complexity index is 399.